The number of likely N-dealkylation sites (tertiary alicyclic amines) is 1. The number of thioether (sulfide) groups is 1. The zero-order valence-corrected chi connectivity index (χ0v) is 18.9. The average molecular weight is 476 g/mol. The van der Waals surface area contributed by atoms with Crippen molar-refractivity contribution < 1.29 is 18.0 Å². The summed E-state index contributed by atoms with van der Waals surface area (Å²) in [4.78, 5) is 14.5. The van der Waals surface area contributed by atoms with Gasteiger partial charge in [0.15, 0.2) is 5.16 Å². The van der Waals surface area contributed by atoms with Crippen LogP contribution in [0.3, 0.4) is 0 Å². The van der Waals surface area contributed by atoms with Crippen molar-refractivity contribution in [3.8, 4) is 0 Å². The number of amides is 1. The van der Waals surface area contributed by atoms with Gasteiger partial charge in [-0.05, 0) is 50.3 Å². The van der Waals surface area contributed by atoms with Gasteiger partial charge in [0.25, 0.3) is 0 Å². The molecule has 11 heteroatoms. The van der Waals surface area contributed by atoms with Gasteiger partial charge in [0.05, 0.1) is 17.1 Å². The molecule has 1 aliphatic heterocycles. The van der Waals surface area contributed by atoms with Gasteiger partial charge in [0.2, 0.25) is 5.91 Å². The van der Waals surface area contributed by atoms with Crippen molar-refractivity contribution in [2.24, 2.45) is 0 Å². The largest absolute Gasteiger partial charge is 0.417 e. The number of piperidine rings is 1. The number of aromatic nitrogens is 3. The van der Waals surface area contributed by atoms with Gasteiger partial charge < -0.3 is 9.88 Å². The Labute approximate surface area is 188 Å². The first-order valence-electron chi connectivity index (χ1n) is 10.2. The molecule has 2 heterocycles. The minimum absolute atomic E-state index is 0.0715. The minimum Gasteiger partial charge on any atom is -0.325 e. The summed E-state index contributed by atoms with van der Waals surface area (Å²) in [6.07, 6.45) is -2.72. The number of carbonyl (C=O) groups is 1. The summed E-state index contributed by atoms with van der Waals surface area (Å²) in [6.45, 7) is 6.39. The van der Waals surface area contributed by atoms with E-state index in [9.17, 15) is 18.0 Å². The monoisotopic (exact) mass is 475 g/mol. The van der Waals surface area contributed by atoms with Gasteiger partial charge in [-0.15, -0.1) is 10.2 Å². The lowest BCUT2D eigenvalue weighted by Gasteiger charge is -2.31. The van der Waals surface area contributed by atoms with Crippen LogP contribution in [0.4, 0.5) is 18.9 Å². The van der Waals surface area contributed by atoms with Crippen molar-refractivity contribution in [2.45, 2.75) is 50.5 Å². The van der Waals surface area contributed by atoms with Crippen molar-refractivity contribution in [1.29, 1.82) is 0 Å². The van der Waals surface area contributed by atoms with E-state index in [1.54, 1.807) is 11.8 Å². The maximum absolute atomic E-state index is 13.0. The highest BCUT2D eigenvalue weighted by molar-refractivity contribution is 7.99. The molecule has 170 valence electrons. The van der Waals surface area contributed by atoms with E-state index in [-0.39, 0.29) is 24.1 Å². The highest BCUT2D eigenvalue weighted by Gasteiger charge is 2.33. The second kappa shape index (κ2) is 10.2. The van der Waals surface area contributed by atoms with Crippen LogP contribution in [0.25, 0.3) is 0 Å². The van der Waals surface area contributed by atoms with Crippen LogP contribution in [0.15, 0.2) is 23.4 Å². The molecule has 1 N–H and O–H groups in total. The second-order valence-electron chi connectivity index (χ2n) is 7.33. The van der Waals surface area contributed by atoms with Gasteiger partial charge in [0.1, 0.15) is 5.82 Å². The lowest BCUT2D eigenvalue weighted by molar-refractivity contribution is -0.137. The Morgan fingerprint density at radius 2 is 2.10 bits per heavy atom. The van der Waals surface area contributed by atoms with Crippen LogP contribution in [0.5, 0.6) is 0 Å². The molecule has 6 nitrogen and oxygen atoms in total. The van der Waals surface area contributed by atoms with E-state index >= 15 is 0 Å². The lowest BCUT2D eigenvalue weighted by atomic mass is 9.97. The van der Waals surface area contributed by atoms with E-state index in [2.05, 4.69) is 33.9 Å². The number of hydrogen-bond acceptors (Lipinski definition) is 5. The predicted octanol–water partition coefficient (Wildman–Crippen LogP) is 4.90. The van der Waals surface area contributed by atoms with Gasteiger partial charge in [0, 0.05) is 24.7 Å². The fourth-order valence-corrected chi connectivity index (χ4v) is 4.73. The molecule has 2 aromatic rings. The normalized spacial score (nSPS) is 17.7. The molecule has 0 saturated carbocycles. The molecule has 1 unspecified atom stereocenters. The zero-order valence-electron chi connectivity index (χ0n) is 17.4. The Bertz CT molecular complexity index is 921. The first-order valence-corrected chi connectivity index (χ1v) is 11.5. The molecular weight excluding hydrogens is 451 g/mol. The van der Waals surface area contributed by atoms with Crippen LogP contribution >= 0.6 is 23.4 Å². The molecule has 31 heavy (non-hydrogen) atoms. The van der Waals surface area contributed by atoms with Crippen molar-refractivity contribution >= 4 is 35.0 Å². The van der Waals surface area contributed by atoms with Gasteiger partial charge in [-0.2, -0.15) is 13.2 Å². The van der Waals surface area contributed by atoms with Crippen molar-refractivity contribution in [1.82, 2.24) is 19.7 Å². The number of benzene rings is 1. The van der Waals surface area contributed by atoms with Crippen LogP contribution in [0, 0.1) is 0 Å². The minimum atomic E-state index is -4.58. The molecule has 0 radical (unpaired) electrons. The Morgan fingerprint density at radius 1 is 1.32 bits per heavy atom. The topological polar surface area (TPSA) is 63.1 Å². The Kier molecular flexibility index (Phi) is 7.87. The van der Waals surface area contributed by atoms with Gasteiger partial charge in [-0.3, -0.25) is 9.69 Å². The predicted molar refractivity (Wildman–Crippen MR) is 116 cm³/mol. The van der Waals surface area contributed by atoms with E-state index in [0.29, 0.717) is 6.54 Å². The summed E-state index contributed by atoms with van der Waals surface area (Å²) in [5, 5.41) is 11.8. The van der Waals surface area contributed by atoms with Crippen LogP contribution in [-0.2, 0) is 17.5 Å². The zero-order chi connectivity index (χ0) is 22.6. The second-order valence-corrected chi connectivity index (χ2v) is 8.97. The molecule has 1 fully saturated rings. The molecule has 1 aliphatic rings. The number of nitrogens with one attached hydrogen (secondary N) is 1. The van der Waals surface area contributed by atoms with Crippen LogP contribution in [-0.4, -0.2) is 51.0 Å². The third-order valence-corrected chi connectivity index (χ3v) is 6.31. The number of nitrogens with zero attached hydrogens (tertiary/aromatic N) is 4. The summed E-state index contributed by atoms with van der Waals surface area (Å²) >= 11 is 7.29. The van der Waals surface area contributed by atoms with Crippen LogP contribution in [0.1, 0.15) is 44.0 Å². The SMILES string of the molecule is CCSc1nnc(C2CCCN(CC(=O)Nc3ccc(Cl)c(C(F)(F)F)c3)C2)n1CC. The molecular formula is C20H25ClF3N5OS. The Morgan fingerprint density at radius 3 is 2.77 bits per heavy atom. The maximum atomic E-state index is 13.0. The summed E-state index contributed by atoms with van der Waals surface area (Å²) in [5.74, 6) is 1.63. The van der Waals surface area contributed by atoms with E-state index in [1.807, 2.05) is 4.90 Å². The highest BCUT2D eigenvalue weighted by Crippen LogP contribution is 2.36. The van der Waals surface area contributed by atoms with Gasteiger partial charge in [-0.25, -0.2) is 0 Å². The quantitative estimate of drug-likeness (QED) is 0.577. The van der Waals surface area contributed by atoms with Crippen LogP contribution < -0.4 is 5.32 Å². The lowest BCUT2D eigenvalue weighted by Crippen LogP contribution is -2.40. The molecule has 3 rings (SSSR count). The molecule has 1 amide bonds. The standard InChI is InChI=1S/C20H25ClF3N5OS/c1-3-29-18(26-27-19(29)31-4-2)13-6-5-9-28(11-13)12-17(30)25-14-7-8-16(21)15(10-14)20(22,23)24/h7-8,10,13H,3-6,9,11-12H2,1-2H3,(H,25,30). The first-order chi connectivity index (χ1) is 14.7. The number of anilines is 1. The number of carbonyl (C=O) groups excluding carboxylic acids is 1. The Balaban J connectivity index is 1.64. The Hall–Kier alpha value is -1.78. The molecule has 1 aromatic carbocycles. The molecule has 1 aromatic heterocycles. The number of halogens is 4. The summed E-state index contributed by atoms with van der Waals surface area (Å²) in [6, 6.07) is 3.36. The summed E-state index contributed by atoms with van der Waals surface area (Å²) in [7, 11) is 0. The van der Waals surface area contributed by atoms with Gasteiger partial charge in [-0.1, -0.05) is 30.3 Å². The van der Waals surface area contributed by atoms with E-state index in [1.165, 1.54) is 6.07 Å². The van der Waals surface area contributed by atoms with E-state index in [0.717, 1.165) is 54.8 Å². The molecule has 0 bridgehead atoms. The van der Waals surface area contributed by atoms with E-state index < -0.39 is 16.8 Å². The average Bonchev–Trinajstić information content (AvgIpc) is 3.12. The van der Waals surface area contributed by atoms with Crippen molar-refractivity contribution in [3.63, 3.8) is 0 Å². The summed E-state index contributed by atoms with van der Waals surface area (Å²) in [5.41, 5.74) is -0.896. The molecule has 1 saturated heterocycles. The molecule has 0 spiro atoms. The molecule has 1 atom stereocenters. The number of rotatable bonds is 7. The number of alkyl halides is 3. The van der Waals surface area contributed by atoms with E-state index in [4.69, 9.17) is 11.6 Å². The third kappa shape index (κ3) is 5.93. The fourth-order valence-electron chi connectivity index (χ4n) is 3.77. The van der Waals surface area contributed by atoms with Crippen molar-refractivity contribution in [2.75, 3.05) is 30.7 Å². The van der Waals surface area contributed by atoms with Crippen LogP contribution in [0.2, 0.25) is 5.02 Å². The smallest absolute Gasteiger partial charge is 0.325 e. The van der Waals surface area contributed by atoms with Crippen molar-refractivity contribution in [3.05, 3.63) is 34.6 Å². The first kappa shape index (κ1) is 23.9. The molecule has 0 aliphatic carbocycles. The third-order valence-electron chi connectivity index (χ3n) is 5.13. The highest BCUT2D eigenvalue weighted by atomic mass is 35.5. The number of hydrogen-bond donors (Lipinski definition) is 1. The van der Waals surface area contributed by atoms with Gasteiger partial charge >= 0.3 is 6.18 Å². The fraction of sp³-hybridized carbons (Fsp3) is 0.550. The summed E-state index contributed by atoms with van der Waals surface area (Å²) < 4.78 is 41.2. The maximum Gasteiger partial charge on any atom is 0.417 e.